The second-order valence-electron chi connectivity index (χ2n) is 7.92. The number of fused-ring (bicyclic) bond motifs is 1. The maximum absolute atomic E-state index is 13.5. The number of piperazine rings is 1. The Morgan fingerprint density at radius 1 is 1.03 bits per heavy atom. The number of hydrogen-bond donors (Lipinski definition) is 0. The van der Waals surface area contributed by atoms with Crippen LogP contribution in [0.3, 0.4) is 0 Å². The van der Waals surface area contributed by atoms with E-state index in [2.05, 4.69) is 10.1 Å². The van der Waals surface area contributed by atoms with Crippen molar-refractivity contribution >= 4 is 38.4 Å². The van der Waals surface area contributed by atoms with E-state index < -0.39 is 10.0 Å². The van der Waals surface area contributed by atoms with Crippen molar-refractivity contribution in [3.63, 3.8) is 0 Å². The standard InChI is InChI=1S/C23H22N4O4S2/c1-15-8-9-20(32-15)19-14-18(21-16(2)25-31-22(21)24-19)23(28)26-10-12-27(13-11-26)33(29,30)17-6-4-3-5-7-17/h3-9,14H,10-13H2,1-2H3. The summed E-state index contributed by atoms with van der Waals surface area (Å²) in [4.78, 5) is 22.1. The number of carbonyl (C=O) groups excluding carboxylic acids is 1. The second kappa shape index (κ2) is 8.36. The number of amides is 1. The number of sulfonamides is 1. The van der Waals surface area contributed by atoms with E-state index in [1.807, 2.05) is 19.1 Å². The molecule has 0 aliphatic carbocycles. The summed E-state index contributed by atoms with van der Waals surface area (Å²) in [6.45, 7) is 4.86. The summed E-state index contributed by atoms with van der Waals surface area (Å²) in [5, 5.41) is 4.60. The molecule has 170 valence electrons. The molecule has 4 heterocycles. The lowest BCUT2D eigenvalue weighted by molar-refractivity contribution is 0.0699. The van der Waals surface area contributed by atoms with E-state index in [4.69, 9.17) is 4.52 Å². The Morgan fingerprint density at radius 3 is 2.42 bits per heavy atom. The number of pyridine rings is 1. The van der Waals surface area contributed by atoms with E-state index in [0.717, 1.165) is 9.75 Å². The molecule has 1 fully saturated rings. The van der Waals surface area contributed by atoms with Gasteiger partial charge in [-0.1, -0.05) is 23.4 Å². The summed E-state index contributed by atoms with van der Waals surface area (Å²) in [5.74, 6) is -0.181. The summed E-state index contributed by atoms with van der Waals surface area (Å²) in [5.41, 5.74) is 2.05. The number of benzene rings is 1. The zero-order chi connectivity index (χ0) is 23.2. The van der Waals surface area contributed by atoms with Gasteiger partial charge in [-0.2, -0.15) is 4.31 Å². The Bertz CT molecular complexity index is 1440. The van der Waals surface area contributed by atoms with Gasteiger partial charge in [0.1, 0.15) is 0 Å². The number of aromatic nitrogens is 2. The normalized spacial score (nSPS) is 15.3. The molecule has 1 aliphatic heterocycles. The number of carbonyl (C=O) groups is 1. The molecule has 0 atom stereocenters. The number of aryl methyl sites for hydroxylation is 2. The van der Waals surface area contributed by atoms with E-state index in [1.165, 1.54) is 4.31 Å². The molecule has 0 spiro atoms. The molecule has 5 rings (SSSR count). The van der Waals surface area contributed by atoms with Gasteiger partial charge in [-0.3, -0.25) is 4.79 Å². The molecular formula is C23H22N4O4S2. The van der Waals surface area contributed by atoms with Gasteiger partial charge in [0, 0.05) is 31.1 Å². The van der Waals surface area contributed by atoms with Gasteiger partial charge in [0.15, 0.2) is 0 Å². The lowest BCUT2D eigenvalue weighted by atomic mass is 10.1. The lowest BCUT2D eigenvalue weighted by Gasteiger charge is -2.34. The number of thiophene rings is 1. The van der Waals surface area contributed by atoms with Gasteiger partial charge < -0.3 is 9.42 Å². The third kappa shape index (κ3) is 3.94. The number of rotatable bonds is 4. The summed E-state index contributed by atoms with van der Waals surface area (Å²) in [7, 11) is -3.59. The van der Waals surface area contributed by atoms with Crippen LogP contribution in [0.5, 0.6) is 0 Å². The maximum atomic E-state index is 13.5. The molecule has 10 heteroatoms. The highest BCUT2D eigenvalue weighted by molar-refractivity contribution is 7.89. The first-order valence-electron chi connectivity index (χ1n) is 10.5. The van der Waals surface area contributed by atoms with Gasteiger partial charge in [-0.15, -0.1) is 11.3 Å². The van der Waals surface area contributed by atoms with Crippen molar-refractivity contribution in [1.82, 2.24) is 19.3 Å². The summed E-state index contributed by atoms with van der Waals surface area (Å²) < 4.78 is 32.7. The Morgan fingerprint density at radius 2 is 1.76 bits per heavy atom. The zero-order valence-electron chi connectivity index (χ0n) is 18.2. The average Bonchev–Trinajstić information content (AvgIpc) is 3.44. The van der Waals surface area contributed by atoms with Crippen LogP contribution in [0.25, 0.3) is 21.7 Å². The first-order chi connectivity index (χ1) is 15.8. The molecule has 0 N–H and O–H groups in total. The number of nitrogens with zero attached hydrogens (tertiary/aromatic N) is 4. The van der Waals surface area contributed by atoms with Crippen LogP contribution in [0.2, 0.25) is 0 Å². The molecule has 1 saturated heterocycles. The van der Waals surface area contributed by atoms with Crippen LogP contribution in [0.15, 0.2) is 57.9 Å². The lowest BCUT2D eigenvalue weighted by Crippen LogP contribution is -2.50. The van der Waals surface area contributed by atoms with Crippen molar-refractivity contribution in [3.05, 3.63) is 64.7 Å². The number of hydrogen-bond acceptors (Lipinski definition) is 7. The topological polar surface area (TPSA) is 96.6 Å². The third-order valence-corrected chi connectivity index (χ3v) is 8.68. The second-order valence-corrected chi connectivity index (χ2v) is 11.1. The zero-order valence-corrected chi connectivity index (χ0v) is 19.8. The van der Waals surface area contributed by atoms with Gasteiger partial charge in [-0.25, -0.2) is 13.4 Å². The molecular weight excluding hydrogens is 460 g/mol. The highest BCUT2D eigenvalue weighted by Gasteiger charge is 2.31. The van der Waals surface area contributed by atoms with Crippen LogP contribution in [-0.4, -0.2) is 59.8 Å². The summed E-state index contributed by atoms with van der Waals surface area (Å²) in [6, 6.07) is 14.1. The quantitative estimate of drug-likeness (QED) is 0.440. The molecule has 1 aromatic carbocycles. The molecule has 1 amide bonds. The summed E-state index contributed by atoms with van der Waals surface area (Å²) in [6.07, 6.45) is 0. The van der Waals surface area contributed by atoms with E-state index in [1.54, 1.807) is 59.6 Å². The van der Waals surface area contributed by atoms with Crippen LogP contribution in [0.4, 0.5) is 0 Å². The fourth-order valence-corrected chi connectivity index (χ4v) is 6.28. The van der Waals surface area contributed by atoms with Gasteiger partial charge >= 0.3 is 0 Å². The molecule has 4 aromatic rings. The highest BCUT2D eigenvalue weighted by Crippen LogP contribution is 2.32. The summed E-state index contributed by atoms with van der Waals surface area (Å²) >= 11 is 1.59. The minimum absolute atomic E-state index is 0.181. The molecule has 0 radical (unpaired) electrons. The fourth-order valence-electron chi connectivity index (χ4n) is 4.01. The van der Waals surface area contributed by atoms with Crippen LogP contribution in [0.1, 0.15) is 20.9 Å². The van der Waals surface area contributed by atoms with Crippen molar-refractivity contribution < 1.29 is 17.7 Å². The fraction of sp³-hybridized carbons (Fsp3) is 0.261. The molecule has 8 nitrogen and oxygen atoms in total. The predicted molar refractivity (Wildman–Crippen MR) is 126 cm³/mol. The van der Waals surface area contributed by atoms with Crippen molar-refractivity contribution in [2.45, 2.75) is 18.7 Å². The van der Waals surface area contributed by atoms with Crippen molar-refractivity contribution in [1.29, 1.82) is 0 Å². The van der Waals surface area contributed by atoms with Crippen molar-refractivity contribution in [3.8, 4) is 10.6 Å². The minimum Gasteiger partial charge on any atom is -0.336 e. The Hall–Kier alpha value is -3.08. The minimum atomic E-state index is -3.59. The Labute approximate surface area is 195 Å². The van der Waals surface area contributed by atoms with Gasteiger partial charge in [0.25, 0.3) is 11.6 Å². The van der Waals surface area contributed by atoms with E-state index in [9.17, 15) is 13.2 Å². The van der Waals surface area contributed by atoms with E-state index >= 15 is 0 Å². The molecule has 0 bridgehead atoms. The predicted octanol–water partition coefficient (Wildman–Crippen LogP) is 3.71. The Balaban J connectivity index is 1.42. The SMILES string of the molecule is Cc1ccc(-c2cc(C(=O)N3CCN(S(=O)(=O)c4ccccc4)CC3)c3c(C)noc3n2)s1. The smallest absolute Gasteiger partial charge is 0.259 e. The molecule has 3 aromatic heterocycles. The molecule has 33 heavy (non-hydrogen) atoms. The van der Waals surface area contributed by atoms with Crippen LogP contribution in [0, 0.1) is 13.8 Å². The largest absolute Gasteiger partial charge is 0.336 e. The van der Waals surface area contributed by atoms with Gasteiger partial charge in [0.2, 0.25) is 10.0 Å². The van der Waals surface area contributed by atoms with E-state index in [-0.39, 0.29) is 23.9 Å². The van der Waals surface area contributed by atoms with Crippen LogP contribution < -0.4 is 0 Å². The van der Waals surface area contributed by atoms with Crippen LogP contribution in [-0.2, 0) is 10.0 Å². The van der Waals surface area contributed by atoms with Gasteiger partial charge in [0.05, 0.1) is 32.1 Å². The third-order valence-electron chi connectivity index (χ3n) is 5.75. The van der Waals surface area contributed by atoms with Crippen LogP contribution >= 0.6 is 11.3 Å². The van der Waals surface area contributed by atoms with Crippen molar-refractivity contribution in [2.75, 3.05) is 26.2 Å². The molecule has 0 unspecified atom stereocenters. The molecule has 0 saturated carbocycles. The Kier molecular flexibility index (Phi) is 5.51. The molecule has 1 aliphatic rings. The highest BCUT2D eigenvalue weighted by atomic mass is 32.2. The first-order valence-corrected chi connectivity index (χ1v) is 12.8. The maximum Gasteiger partial charge on any atom is 0.259 e. The average molecular weight is 483 g/mol. The van der Waals surface area contributed by atoms with Gasteiger partial charge in [-0.05, 0) is 44.2 Å². The first kappa shape index (κ1) is 21.7. The van der Waals surface area contributed by atoms with Crippen molar-refractivity contribution in [2.24, 2.45) is 0 Å². The monoisotopic (exact) mass is 482 g/mol. The van der Waals surface area contributed by atoms with E-state index in [0.29, 0.717) is 41.1 Å².